The number of hydrogen-bond donors (Lipinski definition) is 1. The number of nitrogens with one attached hydrogen (secondary N) is 1. The van der Waals surface area contributed by atoms with Crippen LogP contribution < -0.4 is 0 Å². The van der Waals surface area contributed by atoms with Gasteiger partial charge in [-0.15, -0.1) is 10.1 Å². The van der Waals surface area contributed by atoms with E-state index < -0.39 is 23.3 Å². The maximum absolute atomic E-state index is 11.7. The van der Waals surface area contributed by atoms with Gasteiger partial charge in [0.05, 0.1) is 6.10 Å². The predicted molar refractivity (Wildman–Crippen MR) is 68.8 cm³/mol. The van der Waals surface area contributed by atoms with E-state index in [0.717, 1.165) is 12.8 Å². The molecule has 2 unspecified atom stereocenters. The number of ether oxygens (including phenoxy) is 2. The molecule has 2 atom stereocenters. The molecule has 0 bridgehead atoms. The van der Waals surface area contributed by atoms with Crippen LogP contribution in [0.4, 0.5) is 0 Å². The Hall–Kier alpha value is -1.86. The largest absolute Gasteiger partial charge is 0.478 e. The van der Waals surface area contributed by atoms with Crippen molar-refractivity contribution in [2.75, 3.05) is 0 Å². The van der Waals surface area contributed by atoms with Gasteiger partial charge in [0.2, 0.25) is 0 Å². The molecule has 1 aliphatic rings. The molecular formula is C12H20N2O6. The van der Waals surface area contributed by atoms with Crippen LogP contribution in [-0.2, 0) is 19.1 Å². The minimum absolute atomic E-state index is 0.174. The second-order valence-electron chi connectivity index (χ2n) is 4.95. The van der Waals surface area contributed by atoms with Crippen molar-refractivity contribution in [1.29, 1.82) is 5.41 Å². The lowest BCUT2D eigenvalue weighted by atomic mass is 9.95. The smallest absolute Gasteiger partial charge is 0.315 e. The molecule has 1 fully saturated rings. The quantitative estimate of drug-likeness (QED) is 0.262. The topological polar surface area (TPSA) is 112 Å². The summed E-state index contributed by atoms with van der Waals surface area (Å²) in [5.41, 5.74) is 0. The summed E-state index contributed by atoms with van der Waals surface area (Å²) in [7, 11) is 0. The van der Waals surface area contributed by atoms with E-state index in [1.807, 2.05) is 0 Å². The Kier molecular flexibility index (Phi) is 6.20. The molecule has 0 saturated heterocycles. The van der Waals surface area contributed by atoms with Gasteiger partial charge in [-0.05, 0) is 33.1 Å². The van der Waals surface area contributed by atoms with Crippen molar-refractivity contribution in [2.45, 2.75) is 64.3 Å². The molecule has 0 spiro atoms. The fraction of sp³-hybridized carbons (Fsp3) is 0.833. The molecule has 1 rings (SSSR count). The lowest BCUT2D eigenvalue weighted by Crippen LogP contribution is -2.38. The van der Waals surface area contributed by atoms with Crippen molar-refractivity contribution in [1.82, 2.24) is 0 Å². The van der Waals surface area contributed by atoms with E-state index >= 15 is 0 Å². The van der Waals surface area contributed by atoms with Gasteiger partial charge in [-0.25, -0.2) is 0 Å². The van der Waals surface area contributed by atoms with Gasteiger partial charge in [-0.1, -0.05) is 6.42 Å². The summed E-state index contributed by atoms with van der Waals surface area (Å²) in [5.74, 6) is -0.799. The molecule has 0 heterocycles. The molecule has 0 amide bonds. The van der Waals surface area contributed by atoms with Gasteiger partial charge in [-0.2, -0.15) is 0 Å². The van der Waals surface area contributed by atoms with Crippen molar-refractivity contribution in [3.8, 4) is 0 Å². The molecule has 8 nitrogen and oxygen atoms in total. The minimum Gasteiger partial charge on any atom is -0.478 e. The van der Waals surface area contributed by atoms with Crippen LogP contribution in [0.5, 0.6) is 0 Å². The maximum atomic E-state index is 11.7. The lowest BCUT2D eigenvalue weighted by molar-refractivity contribution is -0.771. The second-order valence-corrected chi connectivity index (χ2v) is 4.95. The van der Waals surface area contributed by atoms with Gasteiger partial charge >= 0.3 is 5.97 Å². The van der Waals surface area contributed by atoms with Crippen molar-refractivity contribution < 1.29 is 24.2 Å². The zero-order chi connectivity index (χ0) is 15.1. The van der Waals surface area contributed by atoms with E-state index in [1.54, 1.807) is 13.8 Å². The van der Waals surface area contributed by atoms with Crippen molar-refractivity contribution in [3.05, 3.63) is 10.1 Å². The van der Waals surface area contributed by atoms with E-state index in [9.17, 15) is 14.9 Å². The number of carbonyl (C=O) groups excluding carboxylic acids is 1. The highest BCUT2D eigenvalue weighted by Crippen LogP contribution is 2.24. The molecule has 0 aromatic rings. The van der Waals surface area contributed by atoms with E-state index in [4.69, 9.17) is 14.9 Å². The van der Waals surface area contributed by atoms with E-state index in [0.29, 0.717) is 12.8 Å². The summed E-state index contributed by atoms with van der Waals surface area (Å²) >= 11 is 0. The summed E-state index contributed by atoms with van der Waals surface area (Å²) < 4.78 is 10.2. The van der Waals surface area contributed by atoms with E-state index in [2.05, 4.69) is 4.84 Å². The summed E-state index contributed by atoms with van der Waals surface area (Å²) in [6.07, 6.45) is 0.835. The first-order valence-corrected chi connectivity index (χ1v) is 6.63. The van der Waals surface area contributed by atoms with Crippen LogP contribution in [0.2, 0.25) is 0 Å². The molecule has 0 radical (unpaired) electrons. The van der Waals surface area contributed by atoms with E-state index in [1.165, 1.54) is 0 Å². The summed E-state index contributed by atoms with van der Waals surface area (Å²) in [6.45, 7) is 3.50. The molecule has 0 aromatic carbocycles. The fourth-order valence-corrected chi connectivity index (χ4v) is 2.10. The van der Waals surface area contributed by atoms with Gasteiger partial charge in [0.15, 0.2) is 5.90 Å². The minimum atomic E-state index is -0.860. The highest BCUT2D eigenvalue weighted by Gasteiger charge is 2.31. The molecule has 0 aromatic heterocycles. The molecular weight excluding hydrogens is 268 g/mol. The molecule has 0 aliphatic heterocycles. The van der Waals surface area contributed by atoms with Crippen LogP contribution in [0.25, 0.3) is 0 Å². The Bertz CT molecular complexity index is 371. The van der Waals surface area contributed by atoms with Crippen LogP contribution in [-0.4, -0.2) is 35.3 Å². The highest BCUT2D eigenvalue weighted by molar-refractivity contribution is 5.92. The molecule has 1 N–H and O–H groups in total. The first-order valence-electron chi connectivity index (χ1n) is 6.63. The van der Waals surface area contributed by atoms with Gasteiger partial charge in [0.1, 0.15) is 18.6 Å². The Morgan fingerprint density at radius 1 is 1.35 bits per heavy atom. The van der Waals surface area contributed by atoms with Gasteiger partial charge in [0.25, 0.3) is 5.09 Å². The molecule has 114 valence electrons. The Morgan fingerprint density at radius 3 is 2.50 bits per heavy atom. The third-order valence-corrected chi connectivity index (χ3v) is 2.83. The zero-order valence-corrected chi connectivity index (χ0v) is 11.7. The summed E-state index contributed by atoms with van der Waals surface area (Å²) in [5, 5.41) is 17.0. The van der Waals surface area contributed by atoms with Crippen LogP contribution in [0.15, 0.2) is 0 Å². The van der Waals surface area contributed by atoms with Gasteiger partial charge < -0.3 is 14.3 Å². The first-order chi connectivity index (χ1) is 9.38. The normalized spacial score (nSPS) is 22.1. The molecule has 1 aliphatic carbocycles. The van der Waals surface area contributed by atoms with Gasteiger partial charge in [-0.3, -0.25) is 10.2 Å². The SMILES string of the molecule is CC(C)OC(=N)CC(=O)OC1CCCCC1O[N+](=O)[O-]. The Labute approximate surface area is 117 Å². The molecule has 1 saturated carbocycles. The number of esters is 1. The van der Waals surface area contributed by atoms with Crippen LogP contribution in [0.3, 0.4) is 0 Å². The number of nitrogens with zero attached hydrogens (tertiary/aromatic N) is 1. The molecule has 8 heteroatoms. The van der Waals surface area contributed by atoms with Crippen LogP contribution in [0.1, 0.15) is 46.0 Å². The van der Waals surface area contributed by atoms with Crippen molar-refractivity contribution in [3.63, 3.8) is 0 Å². The second kappa shape index (κ2) is 7.66. The Morgan fingerprint density at radius 2 is 1.95 bits per heavy atom. The average molecular weight is 288 g/mol. The standard InChI is InChI=1S/C12H20N2O6/c1-8(2)18-11(13)7-12(15)19-9-5-3-4-6-10(9)20-14(16)17/h8-10,13H,3-7H2,1-2H3. The van der Waals surface area contributed by atoms with Crippen molar-refractivity contribution >= 4 is 11.9 Å². The van der Waals surface area contributed by atoms with E-state index in [-0.39, 0.29) is 18.4 Å². The average Bonchev–Trinajstić information content (AvgIpc) is 2.29. The van der Waals surface area contributed by atoms with Crippen LogP contribution >= 0.6 is 0 Å². The maximum Gasteiger partial charge on any atom is 0.315 e. The monoisotopic (exact) mass is 288 g/mol. The zero-order valence-electron chi connectivity index (χ0n) is 11.7. The summed E-state index contributed by atoms with van der Waals surface area (Å²) in [6, 6.07) is 0. The summed E-state index contributed by atoms with van der Waals surface area (Å²) in [4.78, 5) is 26.6. The lowest BCUT2D eigenvalue weighted by Gasteiger charge is -2.29. The highest BCUT2D eigenvalue weighted by atomic mass is 17.0. The molecule has 20 heavy (non-hydrogen) atoms. The predicted octanol–water partition coefficient (Wildman–Crippen LogP) is 1.84. The number of carbonyl (C=O) groups is 1. The number of rotatable bonds is 6. The third kappa shape index (κ3) is 5.85. The fourth-order valence-electron chi connectivity index (χ4n) is 2.10. The third-order valence-electron chi connectivity index (χ3n) is 2.83. The van der Waals surface area contributed by atoms with Crippen molar-refractivity contribution in [2.24, 2.45) is 0 Å². The van der Waals surface area contributed by atoms with Gasteiger partial charge in [0, 0.05) is 0 Å². The first kappa shape index (κ1) is 16.2. The van der Waals surface area contributed by atoms with Crippen LogP contribution in [0, 0.1) is 15.5 Å². The Balaban J connectivity index is 2.45. The number of hydrogen-bond acceptors (Lipinski definition) is 7.